The minimum absolute atomic E-state index is 0.147. The molecule has 1 saturated carbocycles. The van der Waals surface area contributed by atoms with Crippen molar-refractivity contribution in [1.29, 1.82) is 0 Å². The molecule has 0 saturated heterocycles. The van der Waals surface area contributed by atoms with Crippen LogP contribution in [0.2, 0.25) is 5.02 Å². The van der Waals surface area contributed by atoms with Crippen molar-refractivity contribution in [1.82, 2.24) is 10.3 Å². The van der Waals surface area contributed by atoms with Crippen molar-refractivity contribution < 1.29 is 9.47 Å². The van der Waals surface area contributed by atoms with E-state index in [2.05, 4.69) is 24.1 Å². The maximum absolute atomic E-state index is 6.29. The van der Waals surface area contributed by atoms with Crippen molar-refractivity contribution in [3.63, 3.8) is 0 Å². The molecule has 1 N–H and O–H groups in total. The van der Waals surface area contributed by atoms with E-state index in [1.165, 1.54) is 0 Å². The zero-order valence-corrected chi connectivity index (χ0v) is 13.8. The fraction of sp³-hybridized carbons (Fsp3) is 0.688. The quantitative estimate of drug-likeness (QED) is 0.872. The topological polar surface area (TPSA) is 43.4 Å². The third kappa shape index (κ3) is 5.13. The van der Waals surface area contributed by atoms with Gasteiger partial charge in [0, 0.05) is 32.3 Å². The summed E-state index contributed by atoms with van der Waals surface area (Å²) >= 11 is 6.29. The second-order valence-corrected chi connectivity index (χ2v) is 6.34. The van der Waals surface area contributed by atoms with Gasteiger partial charge in [0.05, 0.1) is 6.10 Å². The molecule has 0 amide bonds. The molecule has 5 heteroatoms. The van der Waals surface area contributed by atoms with Crippen LogP contribution in [0, 0.1) is 0 Å². The van der Waals surface area contributed by atoms with E-state index in [4.69, 9.17) is 21.1 Å². The fourth-order valence-corrected chi connectivity index (χ4v) is 2.78. The highest BCUT2D eigenvalue weighted by atomic mass is 35.5. The molecular formula is C16H25ClN2O2. The minimum Gasteiger partial charge on any atom is -0.473 e. The van der Waals surface area contributed by atoms with Crippen LogP contribution in [-0.2, 0) is 11.3 Å². The van der Waals surface area contributed by atoms with Crippen molar-refractivity contribution >= 4 is 11.6 Å². The summed E-state index contributed by atoms with van der Waals surface area (Å²) in [6.45, 7) is 4.99. The minimum atomic E-state index is 0.147. The van der Waals surface area contributed by atoms with Crippen LogP contribution in [0.25, 0.3) is 0 Å². The Bertz CT molecular complexity index is 454. The van der Waals surface area contributed by atoms with Crippen LogP contribution < -0.4 is 10.1 Å². The molecular weight excluding hydrogens is 288 g/mol. The van der Waals surface area contributed by atoms with Crippen LogP contribution >= 0.6 is 11.6 Å². The summed E-state index contributed by atoms with van der Waals surface area (Å²) in [6.07, 6.45) is 6.44. The second-order valence-electron chi connectivity index (χ2n) is 5.93. The van der Waals surface area contributed by atoms with Gasteiger partial charge in [-0.25, -0.2) is 4.98 Å². The van der Waals surface area contributed by atoms with Gasteiger partial charge < -0.3 is 14.8 Å². The lowest BCUT2D eigenvalue weighted by Gasteiger charge is -2.28. The lowest BCUT2D eigenvalue weighted by atomic mass is 9.95. The standard InChI is InChI=1S/C16H25ClN2O2/c1-11(2)18-9-12-7-15(17)16(19-10-12)21-14-6-4-5-13(8-14)20-3/h7,10-11,13-14,18H,4-6,8-9H2,1-3H3. The van der Waals surface area contributed by atoms with Crippen LogP contribution in [-0.4, -0.2) is 30.3 Å². The predicted octanol–water partition coefficient (Wildman–Crippen LogP) is 3.57. The largest absolute Gasteiger partial charge is 0.473 e. The van der Waals surface area contributed by atoms with Gasteiger partial charge in [-0.3, -0.25) is 0 Å². The summed E-state index contributed by atoms with van der Waals surface area (Å²) in [4.78, 5) is 4.37. The van der Waals surface area contributed by atoms with E-state index in [9.17, 15) is 0 Å². The maximum atomic E-state index is 6.29. The van der Waals surface area contributed by atoms with Gasteiger partial charge in [0.15, 0.2) is 0 Å². The molecule has 0 spiro atoms. The molecule has 0 aliphatic heterocycles. The number of nitrogens with one attached hydrogen (secondary N) is 1. The van der Waals surface area contributed by atoms with E-state index >= 15 is 0 Å². The molecule has 1 aromatic rings. The molecule has 1 aromatic heterocycles. The Kier molecular flexibility index (Phi) is 6.27. The lowest BCUT2D eigenvalue weighted by molar-refractivity contribution is 0.0195. The van der Waals surface area contributed by atoms with Gasteiger partial charge in [-0.05, 0) is 30.9 Å². The Labute approximate surface area is 132 Å². The molecule has 2 unspecified atom stereocenters. The van der Waals surface area contributed by atoms with Gasteiger partial charge in [0.1, 0.15) is 11.1 Å². The Morgan fingerprint density at radius 2 is 2.14 bits per heavy atom. The molecule has 2 atom stereocenters. The molecule has 2 rings (SSSR count). The summed E-state index contributed by atoms with van der Waals surface area (Å²) < 4.78 is 11.4. The first-order valence-electron chi connectivity index (χ1n) is 7.65. The average Bonchev–Trinajstić information content (AvgIpc) is 2.48. The maximum Gasteiger partial charge on any atom is 0.232 e. The van der Waals surface area contributed by atoms with E-state index < -0.39 is 0 Å². The number of hydrogen-bond donors (Lipinski definition) is 1. The number of methoxy groups -OCH3 is 1. The van der Waals surface area contributed by atoms with E-state index in [1.807, 2.05) is 12.3 Å². The molecule has 0 radical (unpaired) electrons. The van der Waals surface area contributed by atoms with E-state index in [0.29, 0.717) is 16.9 Å². The summed E-state index contributed by atoms with van der Waals surface area (Å²) in [5.41, 5.74) is 1.07. The third-order valence-corrected chi connectivity index (χ3v) is 4.04. The number of aromatic nitrogens is 1. The van der Waals surface area contributed by atoms with Gasteiger partial charge in [0.25, 0.3) is 0 Å². The van der Waals surface area contributed by atoms with E-state index in [-0.39, 0.29) is 12.2 Å². The van der Waals surface area contributed by atoms with Crippen molar-refractivity contribution in [2.75, 3.05) is 7.11 Å². The SMILES string of the molecule is COC1CCCC(Oc2ncc(CNC(C)C)cc2Cl)C1. The van der Waals surface area contributed by atoms with Gasteiger partial charge in [-0.15, -0.1) is 0 Å². The van der Waals surface area contributed by atoms with Crippen LogP contribution in [0.15, 0.2) is 12.3 Å². The number of rotatable bonds is 6. The molecule has 1 fully saturated rings. The van der Waals surface area contributed by atoms with E-state index in [0.717, 1.165) is 37.8 Å². The second kappa shape index (κ2) is 7.97. The van der Waals surface area contributed by atoms with Gasteiger partial charge >= 0.3 is 0 Å². The van der Waals surface area contributed by atoms with Crippen molar-refractivity contribution in [3.8, 4) is 5.88 Å². The van der Waals surface area contributed by atoms with Gasteiger partial charge in [-0.1, -0.05) is 25.4 Å². The first-order valence-corrected chi connectivity index (χ1v) is 8.03. The van der Waals surface area contributed by atoms with E-state index in [1.54, 1.807) is 7.11 Å². The van der Waals surface area contributed by atoms with Crippen LogP contribution in [0.5, 0.6) is 5.88 Å². The van der Waals surface area contributed by atoms with Crippen molar-refractivity contribution in [3.05, 3.63) is 22.8 Å². The van der Waals surface area contributed by atoms with Crippen molar-refractivity contribution in [2.45, 2.75) is 64.3 Å². The molecule has 0 aromatic carbocycles. The summed E-state index contributed by atoms with van der Waals surface area (Å²) in [6, 6.07) is 2.36. The first-order chi connectivity index (χ1) is 10.1. The summed E-state index contributed by atoms with van der Waals surface area (Å²) in [5.74, 6) is 0.534. The Balaban J connectivity index is 1.94. The highest BCUT2D eigenvalue weighted by molar-refractivity contribution is 6.31. The third-order valence-electron chi connectivity index (χ3n) is 3.77. The first kappa shape index (κ1) is 16.5. The highest BCUT2D eigenvalue weighted by Crippen LogP contribution is 2.28. The summed E-state index contributed by atoms with van der Waals surface area (Å²) in [7, 11) is 1.76. The highest BCUT2D eigenvalue weighted by Gasteiger charge is 2.24. The summed E-state index contributed by atoms with van der Waals surface area (Å²) in [5, 5.41) is 3.93. The molecule has 21 heavy (non-hydrogen) atoms. The van der Waals surface area contributed by atoms with Gasteiger partial charge in [-0.2, -0.15) is 0 Å². The molecule has 118 valence electrons. The normalized spacial score (nSPS) is 22.5. The molecule has 1 aliphatic rings. The zero-order chi connectivity index (χ0) is 15.2. The smallest absolute Gasteiger partial charge is 0.232 e. The predicted molar refractivity (Wildman–Crippen MR) is 84.9 cm³/mol. The fourth-order valence-electron chi connectivity index (χ4n) is 2.55. The van der Waals surface area contributed by atoms with Crippen LogP contribution in [0.3, 0.4) is 0 Å². The monoisotopic (exact) mass is 312 g/mol. The number of pyridine rings is 1. The molecule has 0 bridgehead atoms. The Hall–Kier alpha value is -0.840. The zero-order valence-electron chi connectivity index (χ0n) is 13.1. The Morgan fingerprint density at radius 3 is 2.81 bits per heavy atom. The average molecular weight is 313 g/mol. The number of halogens is 1. The van der Waals surface area contributed by atoms with Crippen LogP contribution in [0.4, 0.5) is 0 Å². The number of hydrogen-bond acceptors (Lipinski definition) is 4. The van der Waals surface area contributed by atoms with Gasteiger partial charge in [0.2, 0.25) is 5.88 Å². The number of ether oxygens (including phenoxy) is 2. The lowest BCUT2D eigenvalue weighted by Crippen LogP contribution is -2.29. The Morgan fingerprint density at radius 1 is 1.38 bits per heavy atom. The number of nitrogens with zero attached hydrogens (tertiary/aromatic N) is 1. The molecule has 1 heterocycles. The van der Waals surface area contributed by atoms with Crippen LogP contribution in [0.1, 0.15) is 45.1 Å². The van der Waals surface area contributed by atoms with Crippen molar-refractivity contribution in [2.24, 2.45) is 0 Å². The molecule has 4 nitrogen and oxygen atoms in total. The molecule has 1 aliphatic carbocycles.